The second-order valence-corrected chi connectivity index (χ2v) is 14.8. The van der Waals surface area contributed by atoms with Gasteiger partial charge in [0.25, 0.3) is 0 Å². The smallest absolute Gasteiger partial charge is 0.0649 e. The molecule has 1 atom stereocenters. The maximum atomic E-state index is 4.72. The number of hydrogen-bond acceptors (Lipinski definition) is 2. The van der Waals surface area contributed by atoms with Crippen LogP contribution in [0.1, 0.15) is 92.0 Å². The fourth-order valence-corrected chi connectivity index (χ4v) is 8.02. The average Bonchev–Trinajstić information content (AvgIpc) is 3.31. The van der Waals surface area contributed by atoms with Gasteiger partial charge in [0.2, 0.25) is 0 Å². The molecule has 6 aromatic carbocycles. The molecule has 0 spiro atoms. The predicted octanol–water partition coefficient (Wildman–Crippen LogP) is 13.8. The van der Waals surface area contributed by atoms with Crippen LogP contribution in [-0.4, -0.2) is 19.3 Å². The van der Waals surface area contributed by atoms with Crippen molar-refractivity contribution in [1.29, 1.82) is 0 Å². The van der Waals surface area contributed by atoms with E-state index in [4.69, 9.17) is 4.99 Å². The van der Waals surface area contributed by atoms with Gasteiger partial charge in [-0.15, -0.1) is 0 Å². The Balaban J connectivity index is 0.00000279. The zero-order valence-electron chi connectivity index (χ0n) is 35.1. The van der Waals surface area contributed by atoms with E-state index in [0.717, 1.165) is 41.9 Å². The number of aliphatic imine (C=N–C) groups is 1. The van der Waals surface area contributed by atoms with E-state index in [1.54, 1.807) is 0 Å². The second kappa shape index (κ2) is 19.7. The summed E-state index contributed by atoms with van der Waals surface area (Å²) in [6.45, 7) is 11.7. The lowest BCUT2D eigenvalue weighted by molar-refractivity contribution is 0.692. The first kappa shape index (κ1) is 41.4. The molecule has 0 saturated carbocycles. The van der Waals surface area contributed by atoms with Gasteiger partial charge < -0.3 is 5.32 Å². The standard InChI is InChI=1S/C54H52N2.C2H6/c1-5-56-52(40-53(2,45-25-15-8-16-26-45)46-27-17-9-18-28-46)44-33-37-49(38-34-44)54(3,47-29-19-10-20-30-47)48-35-31-42(32-36-48)50(41-21-11-6-12-22-41)39-51(55-4)43-23-13-7-14-24-43;1-2/h7-11,13-40,56H,5-6,12H2,1-4H3;1-2H3/b50-39+,52-40-,55-51?;. The molecule has 0 aromatic heterocycles. The molecule has 0 aliphatic heterocycles. The molecule has 0 bridgehead atoms. The normalized spacial score (nSPS) is 14.4. The molecular formula is C56H58N2. The van der Waals surface area contributed by atoms with Crippen molar-refractivity contribution >= 4 is 17.0 Å². The van der Waals surface area contributed by atoms with Crippen molar-refractivity contribution in [3.8, 4) is 0 Å². The van der Waals surface area contributed by atoms with Crippen LogP contribution < -0.4 is 5.32 Å². The fourth-order valence-electron chi connectivity index (χ4n) is 8.02. The number of nitrogens with zero attached hydrogens (tertiary/aromatic N) is 1. The summed E-state index contributed by atoms with van der Waals surface area (Å²) in [6.07, 6.45) is 13.6. The third kappa shape index (κ3) is 9.14. The van der Waals surface area contributed by atoms with Gasteiger partial charge >= 0.3 is 0 Å². The van der Waals surface area contributed by atoms with E-state index >= 15 is 0 Å². The maximum absolute atomic E-state index is 4.72. The zero-order valence-corrected chi connectivity index (χ0v) is 35.1. The molecule has 0 fully saturated rings. The lowest BCUT2D eigenvalue weighted by Crippen LogP contribution is -2.26. The van der Waals surface area contributed by atoms with Crippen molar-refractivity contribution in [1.82, 2.24) is 5.32 Å². The Morgan fingerprint density at radius 2 is 1.03 bits per heavy atom. The molecule has 0 saturated heterocycles. The predicted molar refractivity (Wildman–Crippen MR) is 251 cm³/mol. The molecule has 58 heavy (non-hydrogen) atoms. The minimum Gasteiger partial charge on any atom is -0.385 e. The molecule has 1 unspecified atom stereocenters. The van der Waals surface area contributed by atoms with Crippen molar-refractivity contribution in [2.75, 3.05) is 13.6 Å². The van der Waals surface area contributed by atoms with Crippen molar-refractivity contribution < 1.29 is 0 Å². The van der Waals surface area contributed by atoms with Crippen LogP contribution in [-0.2, 0) is 10.8 Å². The summed E-state index contributed by atoms with van der Waals surface area (Å²) < 4.78 is 0. The molecule has 2 heteroatoms. The van der Waals surface area contributed by atoms with E-state index in [9.17, 15) is 0 Å². The highest BCUT2D eigenvalue weighted by atomic mass is 14.9. The van der Waals surface area contributed by atoms with E-state index in [1.807, 2.05) is 20.9 Å². The van der Waals surface area contributed by atoms with Gasteiger partial charge in [-0.3, -0.25) is 4.99 Å². The molecule has 1 N–H and O–H groups in total. The Bertz CT molecular complexity index is 2310. The summed E-state index contributed by atoms with van der Waals surface area (Å²) in [5, 5.41) is 3.73. The van der Waals surface area contributed by atoms with Gasteiger partial charge in [-0.05, 0) is 101 Å². The third-order valence-corrected chi connectivity index (χ3v) is 11.3. The molecule has 2 nitrogen and oxygen atoms in total. The molecule has 0 amide bonds. The van der Waals surface area contributed by atoms with Gasteiger partial charge in [0, 0.05) is 30.1 Å². The first-order chi connectivity index (χ1) is 28.4. The average molecular weight is 759 g/mol. The van der Waals surface area contributed by atoms with Gasteiger partial charge in [-0.1, -0.05) is 202 Å². The number of rotatable bonds is 13. The zero-order chi connectivity index (χ0) is 40.8. The van der Waals surface area contributed by atoms with E-state index in [-0.39, 0.29) is 5.41 Å². The van der Waals surface area contributed by atoms with Crippen molar-refractivity contribution in [3.63, 3.8) is 0 Å². The van der Waals surface area contributed by atoms with E-state index in [2.05, 4.69) is 226 Å². The van der Waals surface area contributed by atoms with Gasteiger partial charge in [0.15, 0.2) is 0 Å². The lowest BCUT2D eigenvalue weighted by atomic mass is 9.70. The quantitative estimate of drug-likeness (QED) is 0.0920. The number of allylic oxidation sites excluding steroid dienone is 7. The summed E-state index contributed by atoms with van der Waals surface area (Å²) in [4.78, 5) is 4.72. The van der Waals surface area contributed by atoms with E-state index in [1.165, 1.54) is 44.5 Å². The molecule has 7 rings (SSSR count). The van der Waals surface area contributed by atoms with Crippen LogP contribution in [0.3, 0.4) is 0 Å². The molecule has 0 radical (unpaired) electrons. The number of nitrogens with one attached hydrogen (secondary N) is 1. The molecule has 292 valence electrons. The summed E-state index contributed by atoms with van der Waals surface area (Å²) in [6, 6.07) is 61.4. The van der Waals surface area contributed by atoms with Crippen LogP contribution in [0.25, 0.3) is 11.3 Å². The number of benzene rings is 6. The molecule has 6 aromatic rings. The Morgan fingerprint density at radius 3 is 1.50 bits per heavy atom. The van der Waals surface area contributed by atoms with Crippen LogP contribution >= 0.6 is 0 Å². The monoisotopic (exact) mass is 758 g/mol. The van der Waals surface area contributed by atoms with Crippen molar-refractivity contribution in [2.24, 2.45) is 4.99 Å². The summed E-state index contributed by atoms with van der Waals surface area (Å²) in [5.41, 5.74) is 13.5. The largest absolute Gasteiger partial charge is 0.385 e. The van der Waals surface area contributed by atoms with Crippen LogP contribution in [0.2, 0.25) is 0 Å². The Kier molecular flexibility index (Phi) is 14.1. The SMILES string of the molecule is CC.CCN/C(=C\C(C)(c1ccccc1)c1ccccc1)c1ccc(C(C)(c2ccccc2)c2ccc(/C(=C/C(=NC)c3ccccc3)C3=CCCC=C3)cc2)cc1. The van der Waals surface area contributed by atoms with Crippen LogP contribution in [0.15, 0.2) is 211 Å². The maximum Gasteiger partial charge on any atom is 0.0649 e. The van der Waals surface area contributed by atoms with Crippen molar-refractivity contribution in [3.05, 3.63) is 250 Å². The Hall–Kier alpha value is -6.25. The van der Waals surface area contributed by atoms with Crippen LogP contribution in [0.5, 0.6) is 0 Å². The van der Waals surface area contributed by atoms with E-state index in [0.29, 0.717) is 0 Å². The highest BCUT2D eigenvalue weighted by Crippen LogP contribution is 2.41. The molecule has 1 aliphatic carbocycles. The summed E-state index contributed by atoms with van der Waals surface area (Å²) in [7, 11) is 1.88. The number of hydrogen-bond donors (Lipinski definition) is 1. The topological polar surface area (TPSA) is 24.4 Å². The summed E-state index contributed by atoms with van der Waals surface area (Å²) >= 11 is 0. The van der Waals surface area contributed by atoms with Crippen LogP contribution in [0, 0.1) is 0 Å². The molecule has 0 heterocycles. The summed E-state index contributed by atoms with van der Waals surface area (Å²) in [5.74, 6) is 0. The molecular weight excluding hydrogens is 701 g/mol. The van der Waals surface area contributed by atoms with Gasteiger partial charge in [-0.25, -0.2) is 0 Å². The molecule has 1 aliphatic rings. The second-order valence-electron chi connectivity index (χ2n) is 14.8. The first-order valence-electron chi connectivity index (χ1n) is 20.9. The van der Waals surface area contributed by atoms with Gasteiger partial charge in [-0.2, -0.15) is 0 Å². The van der Waals surface area contributed by atoms with Crippen LogP contribution in [0.4, 0.5) is 0 Å². The van der Waals surface area contributed by atoms with Gasteiger partial charge in [0.05, 0.1) is 5.71 Å². The highest BCUT2D eigenvalue weighted by Gasteiger charge is 2.32. The fraction of sp³-hybridized carbons (Fsp3) is 0.196. The van der Waals surface area contributed by atoms with Crippen molar-refractivity contribution in [2.45, 2.75) is 58.3 Å². The minimum absolute atomic E-state index is 0.333. The van der Waals surface area contributed by atoms with Gasteiger partial charge in [0.1, 0.15) is 0 Å². The minimum atomic E-state index is -0.392. The first-order valence-corrected chi connectivity index (χ1v) is 20.9. The third-order valence-electron chi connectivity index (χ3n) is 11.3. The highest BCUT2D eigenvalue weighted by molar-refractivity contribution is 6.14. The van der Waals surface area contributed by atoms with E-state index < -0.39 is 5.41 Å². The Morgan fingerprint density at radius 1 is 0.569 bits per heavy atom. The Labute approximate surface area is 348 Å². The lowest BCUT2D eigenvalue weighted by Gasteiger charge is -2.33.